The van der Waals surface area contributed by atoms with Crippen molar-refractivity contribution in [3.63, 3.8) is 0 Å². The number of halogens is 3. The van der Waals surface area contributed by atoms with Crippen LogP contribution < -0.4 is 0 Å². The summed E-state index contributed by atoms with van der Waals surface area (Å²) in [6.07, 6.45) is 0.185. The van der Waals surface area contributed by atoms with Crippen LogP contribution in [0.2, 0.25) is 15.1 Å². The van der Waals surface area contributed by atoms with Crippen molar-refractivity contribution in [2.24, 2.45) is 5.92 Å². The average molecular weight is 296 g/mol. The molecule has 3 nitrogen and oxygen atoms in total. The standard InChI is InChI=1S/C11H9Cl3O3/c1-2-5(11(16)17)10(15)6-3-4-7(12)9(14)8(6)13/h3-5H,2H2,1H3,(H,16,17). The predicted octanol–water partition coefficient (Wildman–Crippen LogP) is 3.94. The molecule has 0 fully saturated rings. The van der Waals surface area contributed by atoms with Crippen molar-refractivity contribution in [1.29, 1.82) is 0 Å². The molecule has 1 atom stereocenters. The second-order valence-corrected chi connectivity index (χ2v) is 4.55. The molecule has 17 heavy (non-hydrogen) atoms. The lowest BCUT2D eigenvalue weighted by Crippen LogP contribution is -2.23. The van der Waals surface area contributed by atoms with Gasteiger partial charge in [0, 0.05) is 5.56 Å². The summed E-state index contributed by atoms with van der Waals surface area (Å²) in [5.41, 5.74) is 0.0790. The lowest BCUT2D eigenvalue weighted by Gasteiger charge is -2.11. The van der Waals surface area contributed by atoms with Gasteiger partial charge < -0.3 is 5.11 Å². The highest BCUT2D eigenvalue weighted by molar-refractivity contribution is 6.49. The molecule has 0 aromatic heterocycles. The van der Waals surface area contributed by atoms with Crippen LogP contribution in [0.4, 0.5) is 0 Å². The smallest absolute Gasteiger partial charge is 0.314 e. The number of hydrogen-bond donors (Lipinski definition) is 1. The summed E-state index contributed by atoms with van der Waals surface area (Å²) in [4.78, 5) is 22.8. The zero-order valence-corrected chi connectivity index (χ0v) is 11.1. The first-order chi connectivity index (χ1) is 7.90. The molecule has 0 aliphatic heterocycles. The summed E-state index contributed by atoms with van der Waals surface area (Å²) in [5.74, 6) is -2.87. The van der Waals surface area contributed by atoms with Crippen molar-refractivity contribution >= 4 is 46.6 Å². The van der Waals surface area contributed by atoms with Crippen molar-refractivity contribution in [2.75, 3.05) is 0 Å². The fourth-order valence-corrected chi connectivity index (χ4v) is 2.00. The average Bonchev–Trinajstić information content (AvgIpc) is 2.26. The highest BCUT2D eigenvalue weighted by Crippen LogP contribution is 2.34. The van der Waals surface area contributed by atoms with Gasteiger partial charge in [-0.25, -0.2) is 0 Å². The Hall–Kier alpha value is -0.770. The number of carbonyl (C=O) groups excluding carboxylic acids is 1. The van der Waals surface area contributed by atoms with E-state index in [1.807, 2.05) is 0 Å². The van der Waals surface area contributed by atoms with Crippen molar-refractivity contribution in [2.45, 2.75) is 13.3 Å². The van der Waals surface area contributed by atoms with Crippen molar-refractivity contribution in [1.82, 2.24) is 0 Å². The van der Waals surface area contributed by atoms with Crippen LogP contribution in [-0.4, -0.2) is 16.9 Å². The number of carboxylic acid groups (broad SMARTS) is 1. The van der Waals surface area contributed by atoms with E-state index in [1.54, 1.807) is 6.92 Å². The van der Waals surface area contributed by atoms with Crippen LogP contribution in [0.25, 0.3) is 0 Å². The molecule has 92 valence electrons. The summed E-state index contributed by atoms with van der Waals surface area (Å²) in [6.45, 7) is 1.61. The van der Waals surface area contributed by atoms with E-state index in [4.69, 9.17) is 39.9 Å². The van der Waals surface area contributed by atoms with Gasteiger partial charge in [-0.2, -0.15) is 0 Å². The van der Waals surface area contributed by atoms with Gasteiger partial charge in [0.25, 0.3) is 0 Å². The molecule has 6 heteroatoms. The highest BCUT2D eigenvalue weighted by atomic mass is 35.5. The largest absolute Gasteiger partial charge is 0.481 e. The minimum Gasteiger partial charge on any atom is -0.481 e. The molecule has 1 N–H and O–H groups in total. The van der Waals surface area contributed by atoms with Crippen LogP contribution in [0.3, 0.4) is 0 Å². The van der Waals surface area contributed by atoms with E-state index in [-0.39, 0.29) is 27.1 Å². The summed E-state index contributed by atoms with van der Waals surface area (Å²) in [7, 11) is 0. The fourth-order valence-electron chi connectivity index (χ4n) is 1.38. The number of Topliss-reactive ketones (excluding diaryl/α,β-unsaturated/α-hetero) is 1. The third kappa shape index (κ3) is 2.92. The molecular weight excluding hydrogens is 286 g/mol. The van der Waals surface area contributed by atoms with E-state index in [0.29, 0.717) is 0 Å². The first-order valence-corrected chi connectivity index (χ1v) is 5.94. The van der Waals surface area contributed by atoms with Crippen LogP contribution in [0, 0.1) is 5.92 Å². The fraction of sp³-hybridized carbons (Fsp3) is 0.273. The number of carboxylic acids is 1. The molecule has 0 spiro atoms. The van der Waals surface area contributed by atoms with Crippen molar-refractivity contribution in [3.8, 4) is 0 Å². The molecule has 0 saturated carbocycles. The lowest BCUT2D eigenvalue weighted by atomic mass is 9.95. The second kappa shape index (κ2) is 5.71. The monoisotopic (exact) mass is 294 g/mol. The Kier molecular flexibility index (Phi) is 4.80. The molecule has 0 amide bonds. The SMILES string of the molecule is CCC(C(=O)O)C(=O)c1ccc(Cl)c(Cl)c1Cl. The first-order valence-electron chi connectivity index (χ1n) is 4.80. The van der Waals surface area contributed by atoms with Crippen LogP contribution in [0.1, 0.15) is 23.7 Å². The number of aliphatic carboxylic acids is 1. The molecule has 0 aliphatic carbocycles. The normalized spacial score (nSPS) is 12.2. The van der Waals surface area contributed by atoms with E-state index >= 15 is 0 Å². The molecule has 1 rings (SSSR count). The molecule has 0 aliphatic rings. The predicted molar refractivity (Wildman–Crippen MR) is 67.2 cm³/mol. The Morgan fingerprint density at radius 1 is 1.24 bits per heavy atom. The van der Waals surface area contributed by atoms with Crippen LogP contribution in [0.5, 0.6) is 0 Å². The van der Waals surface area contributed by atoms with Gasteiger partial charge in [-0.15, -0.1) is 0 Å². The minimum atomic E-state index is -1.18. The maximum atomic E-state index is 11.9. The van der Waals surface area contributed by atoms with E-state index < -0.39 is 17.7 Å². The van der Waals surface area contributed by atoms with E-state index in [9.17, 15) is 9.59 Å². The van der Waals surface area contributed by atoms with Gasteiger partial charge in [0.2, 0.25) is 0 Å². The van der Waals surface area contributed by atoms with Crippen LogP contribution >= 0.6 is 34.8 Å². The summed E-state index contributed by atoms with van der Waals surface area (Å²) >= 11 is 17.4. The molecule has 0 bridgehead atoms. The quantitative estimate of drug-likeness (QED) is 0.520. The van der Waals surface area contributed by atoms with Gasteiger partial charge in [0.1, 0.15) is 5.92 Å². The maximum Gasteiger partial charge on any atom is 0.314 e. The van der Waals surface area contributed by atoms with Gasteiger partial charge in [0.15, 0.2) is 5.78 Å². The zero-order valence-electron chi connectivity index (χ0n) is 8.84. The maximum absolute atomic E-state index is 11.9. The Labute approximate surface area is 113 Å². The first kappa shape index (κ1) is 14.3. The Balaban J connectivity index is 3.21. The van der Waals surface area contributed by atoms with Crippen molar-refractivity contribution < 1.29 is 14.7 Å². The van der Waals surface area contributed by atoms with Crippen LogP contribution in [0.15, 0.2) is 12.1 Å². The Morgan fingerprint density at radius 2 is 1.82 bits per heavy atom. The number of hydrogen-bond acceptors (Lipinski definition) is 2. The van der Waals surface area contributed by atoms with Gasteiger partial charge in [0.05, 0.1) is 15.1 Å². The third-order valence-electron chi connectivity index (χ3n) is 2.32. The Bertz CT molecular complexity index is 471. The topological polar surface area (TPSA) is 54.4 Å². The summed E-state index contributed by atoms with van der Waals surface area (Å²) < 4.78 is 0. The van der Waals surface area contributed by atoms with E-state index in [2.05, 4.69) is 0 Å². The number of carbonyl (C=O) groups is 2. The number of benzene rings is 1. The van der Waals surface area contributed by atoms with Crippen LogP contribution in [-0.2, 0) is 4.79 Å². The van der Waals surface area contributed by atoms with Gasteiger partial charge in [-0.1, -0.05) is 41.7 Å². The van der Waals surface area contributed by atoms with Gasteiger partial charge in [-0.3, -0.25) is 9.59 Å². The molecule has 1 aromatic carbocycles. The summed E-state index contributed by atoms with van der Waals surface area (Å²) in [5, 5.41) is 9.16. The minimum absolute atomic E-state index is 0.0103. The molecule has 1 unspecified atom stereocenters. The highest BCUT2D eigenvalue weighted by Gasteiger charge is 2.27. The molecule has 0 radical (unpaired) electrons. The third-order valence-corrected chi connectivity index (χ3v) is 3.62. The van der Waals surface area contributed by atoms with Gasteiger partial charge >= 0.3 is 5.97 Å². The van der Waals surface area contributed by atoms with E-state index in [1.165, 1.54) is 12.1 Å². The molecule has 0 saturated heterocycles. The van der Waals surface area contributed by atoms with Crippen molar-refractivity contribution in [3.05, 3.63) is 32.8 Å². The zero-order chi connectivity index (χ0) is 13.2. The van der Waals surface area contributed by atoms with Gasteiger partial charge in [-0.05, 0) is 18.6 Å². The number of rotatable bonds is 4. The molecular formula is C11H9Cl3O3. The second-order valence-electron chi connectivity index (χ2n) is 3.39. The Morgan fingerprint density at radius 3 is 2.29 bits per heavy atom. The lowest BCUT2D eigenvalue weighted by molar-refractivity contribution is -0.140. The number of ketones is 1. The summed E-state index contributed by atoms with van der Waals surface area (Å²) in [6, 6.07) is 2.79. The molecule has 1 aromatic rings. The molecule has 0 heterocycles. The van der Waals surface area contributed by atoms with E-state index in [0.717, 1.165) is 0 Å².